The lowest BCUT2D eigenvalue weighted by Gasteiger charge is -2.14. The van der Waals surface area contributed by atoms with Crippen molar-refractivity contribution in [3.05, 3.63) is 58.1 Å². The lowest BCUT2D eigenvalue weighted by molar-refractivity contribution is 0.283. The first-order valence-corrected chi connectivity index (χ1v) is 7.75. The second-order valence-corrected chi connectivity index (χ2v) is 5.33. The Bertz CT molecular complexity index is 541. The van der Waals surface area contributed by atoms with Crippen molar-refractivity contribution in [2.24, 2.45) is 0 Å². The molecule has 0 amide bonds. The number of rotatable bonds is 5. The third-order valence-corrected chi connectivity index (χ3v) is 4.20. The zero-order valence-electron chi connectivity index (χ0n) is 10.5. The minimum Gasteiger partial charge on any atom is -0.492 e. The summed E-state index contributed by atoms with van der Waals surface area (Å²) in [4.78, 5) is 0. The Balaban J connectivity index is 2.19. The van der Waals surface area contributed by atoms with Gasteiger partial charge in [-0.3, -0.25) is 0 Å². The van der Waals surface area contributed by atoms with Crippen LogP contribution in [0.1, 0.15) is 11.1 Å². The quantitative estimate of drug-likeness (QED) is 0.679. The van der Waals surface area contributed by atoms with Gasteiger partial charge in [0.05, 0.1) is 11.6 Å². The Kier molecular flexibility index (Phi) is 5.28. The van der Waals surface area contributed by atoms with E-state index in [1.165, 1.54) is 0 Å². The molecule has 0 fully saturated rings. The normalized spacial score (nSPS) is 10.3. The molecule has 0 saturated heterocycles. The van der Waals surface area contributed by atoms with Gasteiger partial charge in [-0.05, 0) is 33.1 Å². The molecule has 0 aromatic heterocycles. The third kappa shape index (κ3) is 3.51. The van der Waals surface area contributed by atoms with Crippen LogP contribution in [0.15, 0.2) is 46.9 Å². The highest BCUT2D eigenvalue weighted by atomic mass is 79.9. The number of methoxy groups -OCH3 is 1. The summed E-state index contributed by atoms with van der Waals surface area (Å²) in [7, 11) is 1.65. The molecular formula is C15H14Br2O2. The highest BCUT2D eigenvalue weighted by Crippen LogP contribution is 2.38. The molecule has 0 N–H and O–H groups in total. The summed E-state index contributed by atoms with van der Waals surface area (Å²) in [6.45, 7) is 0.525. The van der Waals surface area contributed by atoms with Crippen molar-refractivity contribution in [3.63, 3.8) is 0 Å². The molecule has 0 spiro atoms. The fraction of sp³-hybridized carbons (Fsp3) is 0.200. The molecule has 0 saturated carbocycles. The Morgan fingerprint density at radius 2 is 1.79 bits per heavy atom. The summed E-state index contributed by atoms with van der Waals surface area (Å²) >= 11 is 6.99. The SMILES string of the molecule is COc1c(OCc2ccccc2)ccc(CBr)c1Br. The molecule has 0 aliphatic heterocycles. The van der Waals surface area contributed by atoms with Gasteiger partial charge < -0.3 is 9.47 Å². The fourth-order valence-electron chi connectivity index (χ4n) is 1.72. The molecule has 2 aromatic carbocycles. The Labute approximate surface area is 130 Å². The van der Waals surface area contributed by atoms with E-state index < -0.39 is 0 Å². The van der Waals surface area contributed by atoms with Gasteiger partial charge >= 0.3 is 0 Å². The summed E-state index contributed by atoms with van der Waals surface area (Å²) in [5, 5.41) is 0.767. The van der Waals surface area contributed by atoms with Crippen LogP contribution in [0.5, 0.6) is 11.5 Å². The van der Waals surface area contributed by atoms with Crippen molar-refractivity contribution in [2.75, 3.05) is 7.11 Å². The van der Waals surface area contributed by atoms with Crippen molar-refractivity contribution >= 4 is 31.9 Å². The van der Waals surface area contributed by atoms with Crippen molar-refractivity contribution < 1.29 is 9.47 Å². The second kappa shape index (κ2) is 6.96. The van der Waals surface area contributed by atoms with Crippen LogP contribution in [0.2, 0.25) is 0 Å². The van der Waals surface area contributed by atoms with Crippen LogP contribution in [0, 0.1) is 0 Å². The lowest BCUT2D eigenvalue weighted by atomic mass is 10.2. The number of hydrogen-bond donors (Lipinski definition) is 0. The first-order chi connectivity index (χ1) is 9.26. The maximum atomic E-state index is 5.82. The van der Waals surface area contributed by atoms with Gasteiger partial charge in [0.2, 0.25) is 0 Å². The molecule has 2 nitrogen and oxygen atoms in total. The van der Waals surface area contributed by atoms with E-state index in [2.05, 4.69) is 31.9 Å². The molecule has 0 unspecified atom stereocenters. The smallest absolute Gasteiger partial charge is 0.175 e. The second-order valence-electron chi connectivity index (χ2n) is 3.98. The summed E-state index contributed by atoms with van der Waals surface area (Å²) in [6.07, 6.45) is 0. The molecule has 2 aromatic rings. The minimum absolute atomic E-state index is 0.525. The molecule has 0 bridgehead atoms. The van der Waals surface area contributed by atoms with Crippen LogP contribution in [-0.4, -0.2) is 7.11 Å². The van der Waals surface area contributed by atoms with Crippen LogP contribution in [0.3, 0.4) is 0 Å². The first-order valence-electron chi connectivity index (χ1n) is 5.84. The first kappa shape index (κ1) is 14.4. The van der Waals surface area contributed by atoms with E-state index in [1.807, 2.05) is 42.5 Å². The number of benzene rings is 2. The van der Waals surface area contributed by atoms with Gasteiger partial charge in [-0.15, -0.1) is 0 Å². The van der Waals surface area contributed by atoms with Gasteiger partial charge in [0.1, 0.15) is 6.61 Å². The summed E-state index contributed by atoms with van der Waals surface area (Å²) in [5.74, 6) is 1.47. The van der Waals surface area contributed by atoms with Crippen molar-refractivity contribution in [2.45, 2.75) is 11.9 Å². The van der Waals surface area contributed by atoms with Gasteiger partial charge in [0, 0.05) is 5.33 Å². The summed E-state index contributed by atoms with van der Waals surface area (Å²) < 4.78 is 12.2. The van der Waals surface area contributed by atoms with Gasteiger partial charge in [-0.25, -0.2) is 0 Å². The Morgan fingerprint density at radius 3 is 2.42 bits per heavy atom. The molecule has 0 heterocycles. The maximum absolute atomic E-state index is 5.82. The monoisotopic (exact) mass is 384 g/mol. The summed E-state index contributed by atoms with van der Waals surface area (Å²) in [6, 6.07) is 14.0. The summed E-state index contributed by atoms with van der Waals surface area (Å²) in [5.41, 5.74) is 2.26. The van der Waals surface area contributed by atoms with Crippen LogP contribution in [0.4, 0.5) is 0 Å². The van der Waals surface area contributed by atoms with E-state index in [4.69, 9.17) is 9.47 Å². The zero-order chi connectivity index (χ0) is 13.7. The van der Waals surface area contributed by atoms with E-state index in [9.17, 15) is 0 Å². The lowest BCUT2D eigenvalue weighted by Crippen LogP contribution is -1.99. The van der Waals surface area contributed by atoms with E-state index >= 15 is 0 Å². The van der Waals surface area contributed by atoms with Gasteiger partial charge in [0.25, 0.3) is 0 Å². The van der Waals surface area contributed by atoms with Gasteiger partial charge in [-0.2, -0.15) is 0 Å². The van der Waals surface area contributed by atoms with Crippen molar-refractivity contribution in [1.82, 2.24) is 0 Å². The van der Waals surface area contributed by atoms with E-state index in [1.54, 1.807) is 7.11 Å². The number of halogens is 2. The maximum Gasteiger partial charge on any atom is 0.175 e. The highest BCUT2D eigenvalue weighted by Gasteiger charge is 2.12. The van der Waals surface area contributed by atoms with Crippen LogP contribution < -0.4 is 9.47 Å². The standard InChI is InChI=1S/C15H14Br2O2/c1-18-15-13(8-7-12(9-16)14(15)17)19-10-11-5-3-2-4-6-11/h2-8H,9-10H2,1H3. The van der Waals surface area contributed by atoms with E-state index in [0.29, 0.717) is 6.61 Å². The largest absolute Gasteiger partial charge is 0.492 e. The predicted molar refractivity (Wildman–Crippen MR) is 84.1 cm³/mol. The van der Waals surface area contributed by atoms with Crippen LogP contribution in [-0.2, 0) is 11.9 Å². The van der Waals surface area contributed by atoms with Crippen LogP contribution in [0.25, 0.3) is 0 Å². The minimum atomic E-state index is 0.525. The molecule has 0 aliphatic carbocycles. The van der Waals surface area contributed by atoms with E-state index in [-0.39, 0.29) is 0 Å². The van der Waals surface area contributed by atoms with Crippen LogP contribution >= 0.6 is 31.9 Å². The Hall–Kier alpha value is -1.000. The molecule has 0 aliphatic rings. The number of alkyl halides is 1. The molecule has 19 heavy (non-hydrogen) atoms. The highest BCUT2D eigenvalue weighted by molar-refractivity contribution is 9.11. The number of hydrogen-bond acceptors (Lipinski definition) is 2. The molecule has 0 radical (unpaired) electrons. The van der Waals surface area contributed by atoms with Crippen molar-refractivity contribution in [1.29, 1.82) is 0 Å². The average Bonchev–Trinajstić information content (AvgIpc) is 2.46. The predicted octanol–water partition coefficient (Wildman–Crippen LogP) is 4.93. The van der Waals surface area contributed by atoms with Gasteiger partial charge in [-0.1, -0.05) is 52.3 Å². The third-order valence-electron chi connectivity index (χ3n) is 2.73. The average molecular weight is 386 g/mol. The molecule has 100 valence electrons. The van der Waals surface area contributed by atoms with Gasteiger partial charge in [0.15, 0.2) is 11.5 Å². The molecular weight excluding hydrogens is 372 g/mol. The molecule has 0 atom stereocenters. The fourth-order valence-corrected chi connectivity index (χ4v) is 3.19. The topological polar surface area (TPSA) is 18.5 Å². The van der Waals surface area contributed by atoms with E-state index in [0.717, 1.165) is 32.4 Å². The van der Waals surface area contributed by atoms with Crippen molar-refractivity contribution in [3.8, 4) is 11.5 Å². The Morgan fingerprint density at radius 1 is 1.05 bits per heavy atom. The molecule has 2 rings (SSSR count). The zero-order valence-corrected chi connectivity index (χ0v) is 13.7. The molecule has 4 heteroatoms. The number of ether oxygens (including phenoxy) is 2.